The van der Waals surface area contributed by atoms with Crippen LogP contribution in [-0.2, 0) is 19.1 Å². The van der Waals surface area contributed by atoms with E-state index in [1.165, 1.54) is 12.7 Å². The van der Waals surface area contributed by atoms with E-state index in [4.69, 9.17) is 9.47 Å². The minimum absolute atomic E-state index is 0.0825. The molecule has 5 rings (SSSR count). The SMILES string of the molecule is C=C1CC23CC1CCC2C12C=CC(O)C(C)(C(=O)O1)C2C3C(=O)OC. The van der Waals surface area contributed by atoms with Gasteiger partial charge < -0.3 is 14.6 Å². The summed E-state index contributed by atoms with van der Waals surface area (Å²) in [4.78, 5) is 25.8. The molecule has 4 aliphatic carbocycles. The molecule has 4 bridgehead atoms. The van der Waals surface area contributed by atoms with Gasteiger partial charge in [-0.05, 0) is 50.0 Å². The highest BCUT2D eigenvalue weighted by molar-refractivity contribution is 5.86. The first-order chi connectivity index (χ1) is 11.8. The second-order valence-electron chi connectivity index (χ2n) is 8.91. The van der Waals surface area contributed by atoms with Crippen LogP contribution < -0.4 is 0 Å². The summed E-state index contributed by atoms with van der Waals surface area (Å²) in [6, 6.07) is 0. The molecule has 0 radical (unpaired) electrons. The van der Waals surface area contributed by atoms with Gasteiger partial charge in [0.1, 0.15) is 11.0 Å². The molecule has 0 aromatic rings. The maximum atomic E-state index is 13.0. The second-order valence-corrected chi connectivity index (χ2v) is 8.91. The lowest BCUT2D eigenvalue weighted by molar-refractivity contribution is -0.162. The van der Waals surface area contributed by atoms with E-state index in [0.29, 0.717) is 5.92 Å². The molecule has 25 heavy (non-hydrogen) atoms. The molecule has 134 valence electrons. The van der Waals surface area contributed by atoms with Crippen LogP contribution >= 0.6 is 0 Å². The predicted molar refractivity (Wildman–Crippen MR) is 88.1 cm³/mol. The van der Waals surface area contributed by atoms with Gasteiger partial charge in [0.05, 0.1) is 19.1 Å². The number of esters is 2. The molecule has 1 saturated heterocycles. The molecule has 1 heterocycles. The van der Waals surface area contributed by atoms with Crippen molar-refractivity contribution in [3.63, 3.8) is 0 Å². The molecule has 3 saturated carbocycles. The number of carbonyl (C=O) groups is 2. The molecule has 0 amide bonds. The lowest BCUT2D eigenvalue weighted by Gasteiger charge is -2.42. The zero-order valence-corrected chi connectivity index (χ0v) is 14.7. The van der Waals surface area contributed by atoms with Crippen molar-refractivity contribution in [1.82, 2.24) is 0 Å². The maximum Gasteiger partial charge on any atom is 0.316 e. The summed E-state index contributed by atoms with van der Waals surface area (Å²) in [6.45, 7) is 6.02. The van der Waals surface area contributed by atoms with E-state index in [-0.39, 0.29) is 23.2 Å². The van der Waals surface area contributed by atoms with E-state index in [0.717, 1.165) is 25.7 Å². The van der Waals surface area contributed by atoms with Crippen LogP contribution in [0.15, 0.2) is 24.3 Å². The zero-order chi connectivity index (χ0) is 17.8. The van der Waals surface area contributed by atoms with E-state index < -0.39 is 29.0 Å². The molecular weight excluding hydrogens is 320 g/mol. The van der Waals surface area contributed by atoms with Crippen LogP contribution in [-0.4, -0.2) is 35.9 Å². The summed E-state index contributed by atoms with van der Waals surface area (Å²) in [7, 11) is 1.41. The van der Waals surface area contributed by atoms with E-state index in [1.807, 2.05) is 6.08 Å². The average Bonchev–Trinajstić information content (AvgIpc) is 3.05. The maximum absolute atomic E-state index is 13.0. The minimum Gasteiger partial charge on any atom is -0.469 e. The van der Waals surface area contributed by atoms with Gasteiger partial charge in [-0.25, -0.2) is 0 Å². The number of rotatable bonds is 1. The van der Waals surface area contributed by atoms with Gasteiger partial charge >= 0.3 is 11.9 Å². The summed E-state index contributed by atoms with van der Waals surface area (Å²) in [5, 5.41) is 10.6. The molecule has 8 atom stereocenters. The number of hydrogen-bond donors (Lipinski definition) is 1. The third-order valence-electron chi connectivity index (χ3n) is 8.21. The molecule has 1 spiro atoms. The third-order valence-corrected chi connectivity index (χ3v) is 8.21. The highest BCUT2D eigenvalue weighted by Crippen LogP contribution is 2.76. The summed E-state index contributed by atoms with van der Waals surface area (Å²) < 4.78 is 11.2. The fourth-order valence-electron chi connectivity index (χ4n) is 7.25. The first-order valence-corrected chi connectivity index (χ1v) is 9.17. The second kappa shape index (κ2) is 4.37. The summed E-state index contributed by atoms with van der Waals surface area (Å²) in [5.41, 5.74) is -0.949. The van der Waals surface area contributed by atoms with Crippen molar-refractivity contribution < 1.29 is 24.2 Å². The van der Waals surface area contributed by atoms with E-state index >= 15 is 0 Å². The van der Waals surface area contributed by atoms with Crippen molar-refractivity contribution in [2.45, 2.75) is 44.3 Å². The minimum atomic E-state index is -1.10. The number of fused-ring (bicyclic) bond motifs is 1. The van der Waals surface area contributed by atoms with Crippen LogP contribution in [0, 0.1) is 34.5 Å². The lowest BCUT2D eigenvalue weighted by Crippen LogP contribution is -2.50. The van der Waals surface area contributed by atoms with Crippen molar-refractivity contribution in [2.75, 3.05) is 7.11 Å². The van der Waals surface area contributed by atoms with Gasteiger partial charge in [0.2, 0.25) is 0 Å². The Morgan fingerprint density at radius 3 is 2.92 bits per heavy atom. The van der Waals surface area contributed by atoms with Gasteiger partial charge in [0.25, 0.3) is 0 Å². The van der Waals surface area contributed by atoms with Gasteiger partial charge in [-0.15, -0.1) is 0 Å². The van der Waals surface area contributed by atoms with Crippen LogP contribution in [0.25, 0.3) is 0 Å². The van der Waals surface area contributed by atoms with Crippen LogP contribution in [0.5, 0.6) is 0 Å². The summed E-state index contributed by atoms with van der Waals surface area (Å²) >= 11 is 0. The van der Waals surface area contributed by atoms with Gasteiger partial charge in [0, 0.05) is 11.8 Å². The van der Waals surface area contributed by atoms with Crippen molar-refractivity contribution >= 4 is 11.9 Å². The quantitative estimate of drug-likeness (QED) is 0.582. The van der Waals surface area contributed by atoms with Crippen LogP contribution in [0.2, 0.25) is 0 Å². The smallest absolute Gasteiger partial charge is 0.316 e. The Bertz CT molecular complexity index is 740. The molecule has 8 unspecified atom stereocenters. The normalized spacial score (nSPS) is 54.9. The molecule has 0 aromatic carbocycles. The van der Waals surface area contributed by atoms with Gasteiger partial charge in [-0.2, -0.15) is 0 Å². The van der Waals surface area contributed by atoms with Crippen molar-refractivity contribution in [3.05, 3.63) is 24.3 Å². The van der Waals surface area contributed by atoms with Crippen LogP contribution in [0.3, 0.4) is 0 Å². The monoisotopic (exact) mass is 344 g/mol. The van der Waals surface area contributed by atoms with Gasteiger partial charge in [-0.3, -0.25) is 9.59 Å². The Morgan fingerprint density at radius 2 is 2.20 bits per heavy atom. The number of carbonyl (C=O) groups excluding carboxylic acids is 2. The first-order valence-electron chi connectivity index (χ1n) is 9.17. The third kappa shape index (κ3) is 1.44. The van der Waals surface area contributed by atoms with Gasteiger partial charge in [0.15, 0.2) is 0 Å². The summed E-state index contributed by atoms with van der Waals surface area (Å²) in [5.74, 6) is -0.970. The molecule has 4 fully saturated rings. The van der Waals surface area contributed by atoms with Crippen LogP contribution in [0.4, 0.5) is 0 Å². The number of methoxy groups -OCH3 is 1. The standard InChI is InChI=1S/C20H24O5/c1-10-8-19-9-11(10)4-5-12(19)20-7-6-13(21)18(2,17(23)25-20)15(20)14(19)16(22)24-3/h6-7,11-15,21H,1,4-5,8-9H2,2-3H3. The molecule has 1 aliphatic heterocycles. The number of hydrogen-bond acceptors (Lipinski definition) is 5. The van der Waals surface area contributed by atoms with Gasteiger partial charge in [-0.1, -0.05) is 18.2 Å². The Labute approximate surface area is 147 Å². The van der Waals surface area contributed by atoms with Crippen LogP contribution in [0.1, 0.15) is 32.6 Å². The molecular formula is C20H24O5. The molecule has 0 aromatic heterocycles. The number of ether oxygens (including phenoxy) is 2. The van der Waals surface area contributed by atoms with Crippen molar-refractivity contribution in [3.8, 4) is 0 Å². The molecule has 5 aliphatic rings. The highest BCUT2D eigenvalue weighted by Gasteiger charge is 2.82. The van der Waals surface area contributed by atoms with Crippen molar-refractivity contribution in [1.29, 1.82) is 0 Å². The van der Waals surface area contributed by atoms with E-state index in [9.17, 15) is 14.7 Å². The fraction of sp³-hybridized carbons (Fsp3) is 0.700. The van der Waals surface area contributed by atoms with Crippen molar-refractivity contribution in [2.24, 2.45) is 34.5 Å². The fourth-order valence-corrected chi connectivity index (χ4v) is 7.25. The predicted octanol–water partition coefficient (Wildman–Crippen LogP) is 2.00. The summed E-state index contributed by atoms with van der Waals surface area (Å²) in [6.07, 6.45) is 6.28. The molecule has 5 nitrogen and oxygen atoms in total. The Balaban J connectivity index is 1.77. The number of aliphatic hydroxyl groups excluding tert-OH is 1. The lowest BCUT2D eigenvalue weighted by atomic mass is 9.61. The highest BCUT2D eigenvalue weighted by atomic mass is 16.6. The topological polar surface area (TPSA) is 72.8 Å². The molecule has 5 heteroatoms. The Hall–Kier alpha value is -1.62. The average molecular weight is 344 g/mol. The zero-order valence-electron chi connectivity index (χ0n) is 14.7. The van der Waals surface area contributed by atoms with E-state index in [2.05, 4.69) is 6.58 Å². The van der Waals surface area contributed by atoms with E-state index in [1.54, 1.807) is 13.0 Å². The number of aliphatic hydroxyl groups is 1. The Kier molecular flexibility index (Phi) is 2.73. The largest absolute Gasteiger partial charge is 0.469 e. The first kappa shape index (κ1) is 15.6. The number of allylic oxidation sites excluding steroid dienone is 1. The Morgan fingerprint density at radius 1 is 1.44 bits per heavy atom. The molecule has 1 N–H and O–H groups in total.